The zero-order valence-corrected chi connectivity index (χ0v) is 8.74. The average Bonchev–Trinajstić information content (AvgIpc) is 2.72. The molecule has 76 valence electrons. The number of nitrogens with one attached hydrogen (secondary N) is 1. The molecule has 1 aromatic rings. The van der Waals surface area contributed by atoms with Crippen LogP contribution in [0.2, 0.25) is 0 Å². The molecule has 0 aromatic carbocycles. The number of anilines is 1. The Bertz CT molecular complexity index is 265. The minimum atomic E-state index is 0.585. The van der Waals surface area contributed by atoms with E-state index < -0.39 is 0 Å². The predicted molar refractivity (Wildman–Crippen MR) is 59.3 cm³/mol. The summed E-state index contributed by atoms with van der Waals surface area (Å²) < 4.78 is 0. The molecule has 0 spiro atoms. The van der Waals surface area contributed by atoms with Gasteiger partial charge in [-0.2, -0.15) is 0 Å². The summed E-state index contributed by atoms with van der Waals surface area (Å²) >= 11 is 0. The molecule has 1 N–H and O–H groups in total. The quantitative estimate of drug-likeness (QED) is 0.792. The molecule has 0 aliphatic heterocycles. The summed E-state index contributed by atoms with van der Waals surface area (Å²) in [7, 11) is 0. The van der Waals surface area contributed by atoms with Gasteiger partial charge in [-0.15, -0.1) is 0 Å². The molecule has 0 saturated heterocycles. The van der Waals surface area contributed by atoms with Gasteiger partial charge in [-0.3, -0.25) is 4.98 Å². The first kappa shape index (κ1) is 9.50. The molecule has 1 atom stereocenters. The molecule has 14 heavy (non-hydrogen) atoms. The topological polar surface area (TPSA) is 24.9 Å². The van der Waals surface area contributed by atoms with E-state index in [0.717, 1.165) is 11.6 Å². The molecule has 1 aromatic heterocycles. The second-order valence-electron chi connectivity index (χ2n) is 4.22. The SMILES string of the molecule is CC(Nc1cccnc1)C1CCCC1. The fourth-order valence-electron chi connectivity index (χ4n) is 2.29. The summed E-state index contributed by atoms with van der Waals surface area (Å²) in [6.45, 7) is 2.28. The highest BCUT2D eigenvalue weighted by atomic mass is 14.9. The minimum absolute atomic E-state index is 0.585. The fraction of sp³-hybridized carbons (Fsp3) is 0.583. The van der Waals surface area contributed by atoms with Crippen molar-refractivity contribution in [2.24, 2.45) is 5.92 Å². The Kier molecular flexibility index (Phi) is 3.02. The Morgan fingerprint density at radius 2 is 2.21 bits per heavy atom. The molecule has 0 bridgehead atoms. The maximum Gasteiger partial charge on any atom is 0.0528 e. The first-order valence-corrected chi connectivity index (χ1v) is 5.53. The van der Waals surface area contributed by atoms with Gasteiger partial charge in [0.15, 0.2) is 0 Å². The van der Waals surface area contributed by atoms with Gasteiger partial charge in [0, 0.05) is 18.4 Å². The molecular formula is C12H18N2. The van der Waals surface area contributed by atoms with Crippen molar-refractivity contribution in [3.63, 3.8) is 0 Å². The zero-order chi connectivity index (χ0) is 9.80. The van der Waals surface area contributed by atoms with Crippen LogP contribution in [0, 0.1) is 5.92 Å². The molecule has 1 saturated carbocycles. The molecule has 2 rings (SSSR count). The van der Waals surface area contributed by atoms with Gasteiger partial charge in [-0.1, -0.05) is 12.8 Å². The third-order valence-corrected chi connectivity index (χ3v) is 3.16. The Hall–Kier alpha value is -1.05. The lowest BCUT2D eigenvalue weighted by Gasteiger charge is -2.21. The van der Waals surface area contributed by atoms with Gasteiger partial charge in [0.05, 0.1) is 5.69 Å². The van der Waals surface area contributed by atoms with Crippen LogP contribution < -0.4 is 5.32 Å². The van der Waals surface area contributed by atoms with Gasteiger partial charge in [-0.05, 0) is 37.8 Å². The molecule has 1 heterocycles. The number of rotatable bonds is 3. The summed E-state index contributed by atoms with van der Waals surface area (Å²) in [5.41, 5.74) is 1.15. The second kappa shape index (κ2) is 4.45. The van der Waals surface area contributed by atoms with Gasteiger partial charge in [0.1, 0.15) is 0 Å². The van der Waals surface area contributed by atoms with Crippen molar-refractivity contribution < 1.29 is 0 Å². The normalized spacial score (nSPS) is 19.5. The molecule has 0 amide bonds. The Labute approximate surface area is 85.7 Å². The van der Waals surface area contributed by atoms with E-state index in [1.165, 1.54) is 25.7 Å². The van der Waals surface area contributed by atoms with Crippen LogP contribution in [-0.4, -0.2) is 11.0 Å². The van der Waals surface area contributed by atoms with E-state index >= 15 is 0 Å². The highest BCUT2D eigenvalue weighted by molar-refractivity contribution is 5.40. The Morgan fingerprint density at radius 3 is 2.86 bits per heavy atom. The van der Waals surface area contributed by atoms with Crippen LogP contribution >= 0.6 is 0 Å². The maximum absolute atomic E-state index is 4.10. The molecule has 2 heteroatoms. The molecule has 1 aliphatic rings. The second-order valence-corrected chi connectivity index (χ2v) is 4.22. The summed E-state index contributed by atoms with van der Waals surface area (Å²) in [6, 6.07) is 4.64. The van der Waals surface area contributed by atoms with E-state index in [9.17, 15) is 0 Å². The molecule has 1 fully saturated rings. The van der Waals surface area contributed by atoms with Crippen LogP contribution in [0.25, 0.3) is 0 Å². The zero-order valence-electron chi connectivity index (χ0n) is 8.74. The van der Waals surface area contributed by atoms with E-state index in [2.05, 4.69) is 23.3 Å². The van der Waals surface area contributed by atoms with E-state index in [0.29, 0.717) is 6.04 Å². The third kappa shape index (κ3) is 2.25. The van der Waals surface area contributed by atoms with E-state index in [4.69, 9.17) is 0 Å². The first-order chi connectivity index (χ1) is 6.86. The molecule has 2 nitrogen and oxygen atoms in total. The minimum Gasteiger partial charge on any atom is -0.381 e. The van der Waals surface area contributed by atoms with Crippen LogP contribution in [0.1, 0.15) is 32.6 Å². The molecule has 1 unspecified atom stereocenters. The van der Waals surface area contributed by atoms with Crippen molar-refractivity contribution in [1.29, 1.82) is 0 Å². The number of hydrogen-bond donors (Lipinski definition) is 1. The summed E-state index contributed by atoms with van der Waals surface area (Å²) in [4.78, 5) is 4.10. The molecular weight excluding hydrogens is 172 g/mol. The average molecular weight is 190 g/mol. The summed E-state index contributed by atoms with van der Waals surface area (Å²) in [5.74, 6) is 0.857. The van der Waals surface area contributed by atoms with Crippen molar-refractivity contribution in [3.05, 3.63) is 24.5 Å². The van der Waals surface area contributed by atoms with Crippen LogP contribution in [0.5, 0.6) is 0 Å². The Balaban J connectivity index is 1.90. The fourth-order valence-corrected chi connectivity index (χ4v) is 2.29. The lowest BCUT2D eigenvalue weighted by atomic mass is 10.00. The predicted octanol–water partition coefficient (Wildman–Crippen LogP) is 3.07. The van der Waals surface area contributed by atoms with E-state index in [1.807, 2.05) is 18.5 Å². The lowest BCUT2D eigenvalue weighted by molar-refractivity contribution is 0.482. The van der Waals surface area contributed by atoms with E-state index in [1.54, 1.807) is 0 Å². The number of hydrogen-bond acceptors (Lipinski definition) is 2. The highest BCUT2D eigenvalue weighted by Gasteiger charge is 2.20. The standard InChI is InChI=1S/C12H18N2/c1-10(11-5-2-3-6-11)14-12-7-4-8-13-9-12/h4,7-11,14H,2-3,5-6H2,1H3. The van der Waals surface area contributed by atoms with Crippen LogP contribution in [-0.2, 0) is 0 Å². The Morgan fingerprint density at radius 1 is 1.43 bits per heavy atom. The van der Waals surface area contributed by atoms with E-state index in [-0.39, 0.29) is 0 Å². The summed E-state index contributed by atoms with van der Waals surface area (Å²) in [6.07, 6.45) is 9.28. The van der Waals surface area contributed by atoms with Gasteiger partial charge in [0.25, 0.3) is 0 Å². The van der Waals surface area contributed by atoms with Crippen LogP contribution in [0.3, 0.4) is 0 Å². The van der Waals surface area contributed by atoms with Crippen LogP contribution in [0.4, 0.5) is 5.69 Å². The van der Waals surface area contributed by atoms with Crippen LogP contribution in [0.15, 0.2) is 24.5 Å². The van der Waals surface area contributed by atoms with Crippen molar-refractivity contribution in [2.45, 2.75) is 38.6 Å². The molecule has 1 aliphatic carbocycles. The molecule has 0 radical (unpaired) electrons. The van der Waals surface area contributed by atoms with Crippen molar-refractivity contribution in [1.82, 2.24) is 4.98 Å². The van der Waals surface area contributed by atoms with Gasteiger partial charge in [0.2, 0.25) is 0 Å². The van der Waals surface area contributed by atoms with Crippen molar-refractivity contribution in [3.8, 4) is 0 Å². The highest BCUT2D eigenvalue weighted by Crippen LogP contribution is 2.28. The lowest BCUT2D eigenvalue weighted by Crippen LogP contribution is -2.23. The van der Waals surface area contributed by atoms with Crippen molar-refractivity contribution >= 4 is 5.69 Å². The number of nitrogens with zero attached hydrogens (tertiary/aromatic N) is 1. The van der Waals surface area contributed by atoms with Gasteiger partial charge >= 0.3 is 0 Å². The van der Waals surface area contributed by atoms with Crippen molar-refractivity contribution in [2.75, 3.05) is 5.32 Å². The maximum atomic E-state index is 4.10. The van der Waals surface area contributed by atoms with Gasteiger partial charge in [-0.25, -0.2) is 0 Å². The smallest absolute Gasteiger partial charge is 0.0528 e. The summed E-state index contributed by atoms with van der Waals surface area (Å²) in [5, 5.41) is 3.52. The largest absolute Gasteiger partial charge is 0.381 e. The van der Waals surface area contributed by atoms with Gasteiger partial charge < -0.3 is 5.32 Å². The number of pyridine rings is 1. The monoisotopic (exact) mass is 190 g/mol. The third-order valence-electron chi connectivity index (χ3n) is 3.16. The first-order valence-electron chi connectivity index (χ1n) is 5.53. The number of aromatic nitrogens is 1.